The van der Waals surface area contributed by atoms with Gasteiger partial charge in [-0.05, 0) is 39.4 Å². The third kappa shape index (κ3) is 3.65. The van der Waals surface area contributed by atoms with Gasteiger partial charge in [0, 0.05) is 12.6 Å². The fourth-order valence-electron chi connectivity index (χ4n) is 2.09. The zero-order chi connectivity index (χ0) is 14.4. The number of hydrogen-bond donors (Lipinski definition) is 1. The topological polar surface area (TPSA) is 64.8 Å². The minimum atomic E-state index is 0.393. The van der Waals surface area contributed by atoms with Crippen molar-refractivity contribution >= 4 is 5.82 Å². The van der Waals surface area contributed by atoms with Gasteiger partial charge in [0.1, 0.15) is 11.6 Å². The summed E-state index contributed by atoms with van der Waals surface area (Å²) in [5.41, 5.74) is 2.30. The Kier molecular flexibility index (Phi) is 5.71. The number of aromatic nitrogens is 2. The standard InChI is InChI=1S/C14H23N5/c1-6-19(7-2)10(3)9-16-14-13(8-15)11(4)12(5)17-18-14/h10H,6-7,9H2,1-5H3,(H,16,18)/t10-/m0/s1. The van der Waals surface area contributed by atoms with Gasteiger partial charge >= 0.3 is 0 Å². The largest absolute Gasteiger partial charge is 0.366 e. The molecule has 1 heterocycles. The maximum absolute atomic E-state index is 9.22. The summed E-state index contributed by atoms with van der Waals surface area (Å²) < 4.78 is 0. The Balaban J connectivity index is 2.79. The number of aryl methyl sites for hydroxylation is 1. The van der Waals surface area contributed by atoms with Crippen LogP contribution in [0.25, 0.3) is 0 Å². The zero-order valence-corrected chi connectivity index (χ0v) is 12.5. The molecular weight excluding hydrogens is 238 g/mol. The van der Waals surface area contributed by atoms with Crippen molar-refractivity contribution < 1.29 is 0 Å². The Hall–Kier alpha value is -1.67. The summed E-state index contributed by atoms with van der Waals surface area (Å²) in [6, 6.07) is 2.60. The summed E-state index contributed by atoms with van der Waals surface area (Å²) in [4.78, 5) is 2.35. The molecular formula is C14H23N5. The van der Waals surface area contributed by atoms with Crippen LogP contribution in [0.3, 0.4) is 0 Å². The van der Waals surface area contributed by atoms with Gasteiger partial charge in [-0.15, -0.1) is 5.10 Å². The monoisotopic (exact) mass is 261 g/mol. The van der Waals surface area contributed by atoms with E-state index in [1.807, 2.05) is 13.8 Å². The van der Waals surface area contributed by atoms with Crippen LogP contribution in [0, 0.1) is 25.2 Å². The maximum atomic E-state index is 9.22. The van der Waals surface area contributed by atoms with E-state index >= 15 is 0 Å². The highest BCUT2D eigenvalue weighted by molar-refractivity contribution is 5.55. The van der Waals surface area contributed by atoms with E-state index in [0.717, 1.165) is 30.9 Å². The molecule has 1 N–H and O–H groups in total. The van der Waals surface area contributed by atoms with Crippen LogP contribution in [0.15, 0.2) is 0 Å². The number of rotatable bonds is 6. The first-order chi connectivity index (χ1) is 9.04. The number of likely N-dealkylation sites (N-methyl/N-ethyl adjacent to an activating group) is 1. The first kappa shape index (κ1) is 15.4. The number of anilines is 1. The molecule has 0 amide bonds. The van der Waals surface area contributed by atoms with Crippen LogP contribution in [0.4, 0.5) is 5.82 Å². The second-order valence-electron chi connectivity index (χ2n) is 4.70. The lowest BCUT2D eigenvalue weighted by Crippen LogP contribution is -2.37. The van der Waals surface area contributed by atoms with Gasteiger partial charge in [-0.1, -0.05) is 13.8 Å². The third-order valence-corrected chi connectivity index (χ3v) is 3.57. The maximum Gasteiger partial charge on any atom is 0.166 e. The highest BCUT2D eigenvalue weighted by atomic mass is 15.2. The van der Waals surface area contributed by atoms with E-state index in [0.29, 0.717) is 17.4 Å². The number of nitrogens with zero attached hydrogens (tertiary/aromatic N) is 4. The second-order valence-corrected chi connectivity index (χ2v) is 4.70. The Morgan fingerprint density at radius 3 is 2.42 bits per heavy atom. The summed E-state index contributed by atoms with van der Waals surface area (Å²) in [5.74, 6) is 0.588. The third-order valence-electron chi connectivity index (χ3n) is 3.57. The van der Waals surface area contributed by atoms with Crippen molar-refractivity contribution in [3.05, 3.63) is 16.8 Å². The number of nitrogens with one attached hydrogen (secondary N) is 1. The molecule has 104 valence electrons. The van der Waals surface area contributed by atoms with Crippen LogP contribution in [-0.4, -0.2) is 40.8 Å². The molecule has 19 heavy (non-hydrogen) atoms. The van der Waals surface area contributed by atoms with E-state index in [1.165, 1.54) is 0 Å². The Labute approximate surface area is 115 Å². The van der Waals surface area contributed by atoms with Gasteiger partial charge in [0.2, 0.25) is 0 Å². The summed E-state index contributed by atoms with van der Waals surface area (Å²) in [7, 11) is 0. The molecule has 0 bridgehead atoms. The first-order valence-electron chi connectivity index (χ1n) is 6.76. The van der Waals surface area contributed by atoms with Gasteiger partial charge in [-0.2, -0.15) is 10.4 Å². The Morgan fingerprint density at radius 2 is 1.89 bits per heavy atom. The summed E-state index contributed by atoms with van der Waals surface area (Å²) in [6.45, 7) is 13.0. The quantitative estimate of drug-likeness (QED) is 0.849. The molecule has 1 aromatic rings. The lowest BCUT2D eigenvalue weighted by atomic mass is 10.1. The molecule has 0 saturated heterocycles. The van der Waals surface area contributed by atoms with Crippen LogP contribution < -0.4 is 5.32 Å². The highest BCUT2D eigenvalue weighted by Gasteiger charge is 2.13. The molecule has 1 atom stereocenters. The molecule has 5 heteroatoms. The molecule has 0 unspecified atom stereocenters. The first-order valence-corrected chi connectivity index (χ1v) is 6.76. The van der Waals surface area contributed by atoms with Crippen LogP contribution >= 0.6 is 0 Å². The molecule has 0 radical (unpaired) electrons. The second kappa shape index (κ2) is 7.05. The van der Waals surface area contributed by atoms with E-state index in [1.54, 1.807) is 0 Å². The summed E-state index contributed by atoms with van der Waals surface area (Å²) in [6.07, 6.45) is 0. The van der Waals surface area contributed by atoms with Crippen molar-refractivity contribution in [3.8, 4) is 6.07 Å². The van der Waals surface area contributed by atoms with Gasteiger partial charge in [0.05, 0.1) is 5.69 Å². The average Bonchev–Trinajstić information content (AvgIpc) is 2.41. The summed E-state index contributed by atoms with van der Waals surface area (Å²) in [5, 5.41) is 20.6. The average molecular weight is 261 g/mol. The Bertz CT molecular complexity index is 460. The Morgan fingerprint density at radius 1 is 1.26 bits per heavy atom. The minimum Gasteiger partial charge on any atom is -0.366 e. The zero-order valence-electron chi connectivity index (χ0n) is 12.5. The predicted molar refractivity (Wildman–Crippen MR) is 77.1 cm³/mol. The van der Waals surface area contributed by atoms with Crippen molar-refractivity contribution in [1.29, 1.82) is 5.26 Å². The van der Waals surface area contributed by atoms with Gasteiger partial charge in [0.25, 0.3) is 0 Å². The highest BCUT2D eigenvalue weighted by Crippen LogP contribution is 2.17. The van der Waals surface area contributed by atoms with E-state index in [2.05, 4.69) is 47.3 Å². The molecule has 0 saturated carbocycles. The minimum absolute atomic E-state index is 0.393. The molecule has 1 rings (SSSR count). The molecule has 0 aliphatic heterocycles. The van der Waals surface area contributed by atoms with Gasteiger partial charge in [0.15, 0.2) is 5.82 Å². The van der Waals surface area contributed by atoms with E-state index in [-0.39, 0.29) is 0 Å². The van der Waals surface area contributed by atoms with Crippen molar-refractivity contribution in [2.24, 2.45) is 0 Å². The van der Waals surface area contributed by atoms with Crippen molar-refractivity contribution in [2.75, 3.05) is 25.0 Å². The van der Waals surface area contributed by atoms with Gasteiger partial charge in [-0.25, -0.2) is 0 Å². The van der Waals surface area contributed by atoms with E-state index in [9.17, 15) is 5.26 Å². The smallest absolute Gasteiger partial charge is 0.166 e. The van der Waals surface area contributed by atoms with Gasteiger partial charge in [-0.3, -0.25) is 4.90 Å². The van der Waals surface area contributed by atoms with Crippen molar-refractivity contribution in [2.45, 2.75) is 40.7 Å². The lowest BCUT2D eigenvalue weighted by Gasteiger charge is -2.26. The SMILES string of the molecule is CCN(CC)[C@@H](C)CNc1nnc(C)c(C)c1C#N. The number of nitriles is 1. The normalized spacial score (nSPS) is 12.3. The molecule has 0 aromatic carbocycles. The van der Waals surface area contributed by atoms with Crippen LogP contribution in [0.1, 0.15) is 37.6 Å². The van der Waals surface area contributed by atoms with Crippen molar-refractivity contribution in [3.63, 3.8) is 0 Å². The van der Waals surface area contributed by atoms with Crippen molar-refractivity contribution in [1.82, 2.24) is 15.1 Å². The fraction of sp³-hybridized carbons (Fsp3) is 0.643. The molecule has 0 aliphatic carbocycles. The predicted octanol–water partition coefficient (Wildman–Crippen LogP) is 2.11. The van der Waals surface area contributed by atoms with E-state index < -0.39 is 0 Å². The van der Waals surface area contributed by atoms with Crippen LogP contribution in [-0.2, 0) is 0 Å². The molecule has 0 fully saturated rings. The fourth-order valence-corrected chi connectivity index (χ4v) is 2.09. The van der Waals surface area contributed by atoms with Gasteiger partial charge < -0.3 is 5.32 Å². The molecule has 0 aliphatic rings. The van der Waals surface area contributed by atoms with Crippen LogP contribution in [0.2, 0.25) is 0 Å². The molecule has 5 nitrogen and oxygen atoms in total. The number of hydrogen-bond acceptors (Lipinski definition) is 5. The molecule has 0 spiro atoms. The summed E-state index contributed by atoms with van der Waals surface area (Å²) >= 11 is 0. The molecule has 1 aromatic heterocycles. The lowest BCUT2D eigenvalue weighted by molar-refractivity contribution is 0.240. The van der Waals surface area contributed by atoms with E-state index in [4.69, 9.17) is 0 Å². The van der Waals surface area contributed by atoms with Crippen LogP contribution in [0.5, 0.6) is 0 Å².